The first-order valence-corrected chi connectivity index (χ1v) is 3.77. The van der Waals surface area contributed by atoms with Crippen LogP contribution >= 0.6 is 0 Å². The van der Waals surface area contributed by atoms with Crippen LogP contribution in [0.1, 0.15) is 20.3 Å². The van der Waals surface area contributed by atoms with Crippen LogP contribution in [0.15, 0.2) is 24.0 Å². The van der Waals surface area contributed by atoms with Gasteiger partial charge in [0.05, 0.1) is 5.76 Å². The zero-order chi connectivity index (χ0) is 7.56. The van der Waals surface area contributed by atoms with Crippen LogP contribution in [-0.4, -0.2) is 5.11 Å². The number of aliphatic hydroxyl groups is 1. The molecule has 0 aliphatic heterocycles. The highest BCUT2D eigenvalue weighted by atomic mass is 16.3. The van der Waals surface area contributed by atoms with E-state index in [4.69, 9.17) is 0 Å². The molecule has 1 N–H and O–H groups in total. The van der Waals surface area contributed by atoms with Gasteiger partial charge in [-0.05, 0) is 18.4 Å². The second-order valence-corrected chi connectivity index (χ2v) is 3.11. The highest BCUT2D eigenvalue weighted by Crippen LogP contribution is 2.25. The second kappa shape index (κ2) is 2.91. The molecule has 0 aromatic heterocycles. The van der Waals surface area contributed by atoms with Crippen LogP contribution in [0.2, 0.25) is 0 Å². The molecule has 0 fully saturated rings. The molecule has 1 rings (SSSR count). The number of allylic oxidation sites excluding steroid dienone is 4. The van der Waals surface area contributed by atoms with E-state index in [1.54, 1.807) is 6.08 Å². The second-order valence-electron chi connectivity index (χ2n) is 3.11. The van der Waals surface area contributed by atoms with Gasteiger partial charge in [-0.1, -0.05) is 26.0 Å². The maximum absolute atomic E-state index is 9.35. The molecule has 1 heteroatoms. The SMILES string of the molecule is CC(C)C1CC=CC=C1O. The minimum absolute atomic E-state index is 0.352. The largest absolute Gasteiger partial charge is 0.512 e. The van der Waals surface area contributed by atoms with Crippen LogP contribution in [0.5, 0.6) is 0 Å². The van der Waals surface area contributed by atoms with Gasteiger partial charge in [-0.15, -0.1) is 0 Å². The van der Waals surface area contributed by atoms with Gasteiger partial charge in [-0.25, -0.2) is 0 Å². The summed E-state index contributed by atoms with van der Waals surface area (Å²) in [4.78, 5) is 0. The zero-order valence-corrected chi connectivity index (χ0v) is 6.54. The van der Waals surface area contributed by atoms with Crippen molar-refractivity contribution in [2.75, 3.05) is 0 Å². The summed E-state index contributed by atoms with van der Waals surface area (Å²) in [6, 6.07) is 0. The van der Waals surface area contributed by atoms with Crippen molar-refractivity contribution in [3.05, 3.63) is 24.0 Å². The van der Waals surface area contributed by atoms with E-state index in [-0.39, 0.29) is 0 Å². The number of aliphatic hydroxyl groups excluding tert-OH is 1. The molecule has 1 aliphatic carbocycles. The molecule has 0 saturated heterocycles. The Labute approximate surface area is 62.1 Å². The Hall–Kier alpha value is -0.720. The maximum Gasteiger partial charge on any atom is 0.0958 e. The Morgan fingerprint density at radius 2 is 2.30 bits per heavy atom. The topological polar surface area (TPSA) is 20.2 Å². The normalized spacial score (nSPS) is 25.1. The average Bonchev–Trinajstić information content (AvgIpc) is 1.88. The lowest BCUT2D eigenvalue weighted by atomic mass is 9.88. The highest BCUT2D eigenvalue weighted by Gasteiger charge is 2.17. The van der Waals surface area contributed by atoms with Crippen molar-refractivity contribution in [2.24, 2.45) is 11.8 Å². The Kier molecular flexibility index (Phi) is 2.15. The molecule has 56 valence electrons. The fraction of sp³-hybridized carbons (Fsp3) is 0.556. The van der Waals surface area contributed by atoms with E-state index in [1.165, 1.54) is 0 Å². The van der Waals surface area contributed by atoms with Gasteiger partial charge in [-0.3, -0.25) is 0 Å². The Bertz CT molecular complexity index is 166. The molecule has 0 bridgehead atoms. The maximum atomic E-state index is 9.35. The van der Waals surface area contributed by atoms with Crippen LogP contribution in [0.25, 0.3) is 0 Å². The number of rotatable bonds is 1. The van der Waals surface area contributed by atoms with Crippen molar-refractivity contribution < 1.29 is 5.11 Å². The number of hydrogen-bond acceptors (Lipinski definition) is 1. The molecule has 0 aromatic rings. The Morgan fingerprint density at radius 3 is 2.70 bits per heavy atom. The smallest absolute Gasteiger partial charge is 0.0958 e. The average molecular weight is 138 g/mol. The molecule has 1 nitrogen and oxygen atoms in total. The molecule has 1 atom stereocenters. The number of hydrogen-bond donors (Lipinski definition) is 1. The molecule has 10 heavy (non-hydrogen) atoms. The first-order chi connectivity index (χ1) is 4.72. The van der Waals surface area contributed by atoms with Crippen molar-refractivity contribution >= 4 is 0 Å². The molecule has 0 heterocycles. The van der Waals surface area contributed by atoms with Gasteiger partial charge in [0.15, 0.2) is 0 Å². The van der Waals surface area contributed by atoms with Crippen molar-refractivity contribution in [2.45, 2.75) is 20.3 Å². The van der Waals surface area contributed by atoms with Crippen molar-refractivity contribution in [1.29, 1.82) is 0 Å². The molecule has 0 amide bonds. The van der Waals surface area contributed by atoms with Crippen LogP contribution in [0.3, 0.4) is 0 Å². The molecular formula is C9H14O. The summed E-state index contributed by atoms with van der Waals surface area (Å²) in [5.74, 6) is 1.43. The van der Waals surface area contributed by atoms with E-state index in [2.05, 4.69) is 19.9 Å². The summed E-state index contributed by atoms with van der Waals surface area (Å²) in [5.41, 5.74) is 0. The van der Waals surface area contributed by atoms with Gasteiger partial charge in [0.25, 0.3) is 0 Å². The predicted molar refractivity (Wildman–Crippen MR) is 42.8 cm³/mol. The first-order valence-electron chi connectivity index (χ1n) is 3.77. The zero-order valence-electron chi connectivity index (χ0n) is 6.54. The first kappa shape index (κ1) is 7.39. The summed E-state index contributed by atoms with van der Waals surface area (Å²) in [6.45, 7) is 4.27. The third-order valence-electron chi connectivity index (χ3n) is 1.98. The van der Waals surface area contributed by atoms with Gasteiger partial charge in [-0.2, -0.15) is 0 Å². The van der Waals surface area contributed by atoms with Gasteiger partial charge in [0.2, 0.25) is 0 Å². The monoisotopic (exact) mass is 138 g/mol. The van der Waals surface area contributed by atoms with Crippen molar-refractivity contribution in [3.63, 3.8) is 0 Å². The lowest BCUT2D eigenvalue weighted by Crippen LogP contribution is -2.12. The molecule has 0 saturated carbocycles. The molecule has 0 aromatic carbocycles. The van der Waals surface area contributed by atoms with E-state index in [0.717, 1.165) is 6.42 Å². The molecular weight excluding hydrogens is 124 g/mol. The minimum atomic E-state index is 0.352. The quantitative estimate of drug-likeness (QED) is 0.590. The predicted octanol–water partition coefficient (Wildman–Crippen LogP) is 2.66. The summed E-state index contributed by atoms with van der Waals surface area (Å²) >= 11 is 0. The third-order valence-corrected chi connectivity index (χ3v) is 1.98. The molecule has 0 spiro atoms. The van der Waals surface area contributed by atoms with E-state index < -0.39 is 0 Å². The Balaban J connectivity index is 2.64. The van der Waals surface area contributed by atoms with Crippen molar-refractivity contribution in [1.82, 2.24) is 0 Å². The summed E-state index contributed by atoms with van der Waals surface area (Å²) < 4.78 is 0. The van der Waals surface area contributed by atoms with Gasteiger partial charge in [0.1, 0.15) is 0 Å². The van der Waals surface area contributed by atoms with Crippen molar-refractivity contribution in [3.8, 4) is 0 Å². The van der Waals surface area contributed by atoms with E-state index in [1.807, 2.05) is 6.08 Å². The molecule has 0 radical (unpaired) electrons. The fourth-order valence-corrected chi connectivity index (χ4v) is 1.25. The summed E-state index contributed by atoms with van der Waals surface area (Å²) in [6.07, 6.45) is 6.78. The van der Waals surface area contributed by atoms with Crippen LogP contribution < -0.4 is 0 Å². The van der Waals surface area contributed by atoms with Crippen LogP contribution in [-0.2, 0) is 0 Å². The molecule has 1 unspecified atom stereocenters. The minimum Gasteiger partial charge on any atom is -0.512 e. The molecule has 1 aliphatic rings. The van der Waals surface area contributed by atoms with Crippen LogP contribution in [0, 0.1) is 11.8 Å². The fourth-order valence-electron chi connectivity index (χ4n) is 1.25. The lowest BCUT2D eigenvalue weighted by Gasteiger charge is -2.20. The summed E-state index contributed by atoms with van der Waals surface area (Å²) in [7, 11) is 0. The van der Waals surface area contributed by atoms with Gasteiger partial charge >= 0.3 is 0 Å². The lowest BCUT2D eigenvalue weighted by molar-refractivity contribution is 0.280. The van der Waals surface area contributed by atoms with E-state index in [0.29, 0.717) is 17.6 Å². The van der Waals surface area contributed by atoms with Gasteiger partial charge in [0, 0.05) is 5.92 Å². The van der Waals surface area contributed by atoms with E-state index >= 15 is 0 Å². The Morgan fingerprint density at radius 1 is 1.60 bits per heavy atom. The standard InChI is InChI=1S/C9H14O/c1-7(2)8-5-3-4-6-9(8)10/h3-4,6-8,10H,5H2,1-2H3. The third kappa shape index (κ3) is 1.41. The highest BCUT2D eigenvalue weighted by molar-refractivity contribution is 5.15. The van der Waals surface area contributed by atoms with E-state index in [9.17, 15) is 5.11 Å². The summed E-state index contributed by atoms with van der Waals surface area (Å²) in [5, 5.41) is 9.35. The van der Waals surface area contributed by atoms with Crippen LogP contribution in [0.4, 0.5) is 0 Å². The van der Waals surface area contributed by atoms with Gasteiger partial charge < -0.3 is 5.11 Å².